The van der Waals surface area contributed by atoms with Gasteiger partial charge in [-0.2, -0.15) is 5.10 Å². The maximum absolute atomic E-state index is 12.2. The molecule has 2 N–H and O–H groups in total. The minimum atomic E-state index is -0.556. The SMILES string of the molecule is NC(=O)Cn1ccn2nc(-c3ccccc3)cc2c1=O. The maximum atomic E-state index is 12.2. The van der Waals surface area contributed by atoms with Crippen molar-refractivity contribution in [2.75, 3.05) is 0 Å². The quantitative estimate of drug-likeness (QED) is 0.757. The van der Waals surface area contributed by atoms with Crippen molar-refractivity contribution in [3.63, 3.8) is 0 Å². The van der Waals surface area contributed by atoms with Crippen molar-refractivity contribution < 1.29 is 4.79 Å². The predicted octanol–water partition coefficient (Wildman–Crippen LogP) is 0.648. The average molecular weight is 268 g/mol. The lowest BCUT2D eigenvalue weighted by Gasteiger charge is -2.01. The highest BCUT2D eigenvalue weighted by Crippen LogP contribution is 2.17. The van der Waals surface area contributed by atoms with Crippen molar-refractivity contribution in [3.05, 3.63) is 59.1 Å². The first-order valence-electron chi connectivity index (χ1n) is 6.08. The van der Waals surface area contributed by atoms with E-state index in [-0.39, 0.29) is 12.1 Å². The normalized spacial score (nSPS) is 10.8. The van der Waals surface area contributed by atoms with Gasteiger partial charge < -0.3 is 10.3 Å². The van der Waals surface area contributed by atoms with Gasteiger partial charge in [-0.3, -0.25) is 9.59 Å². The Morgan fingerprint density at radius 3 is 2.65 bits per heavy atom. The Bertz CT molecular complexity index is 833. The second-order valence-electron chi connectivity index (χ2n) is 4.42. The van der Waals surface area contributed by atoms with Crippen molar-refractivity contribution in [1.82, 2.24) is 14.2 Å². The summed E-state index contributed by atoms with van der Waals surface area (Å²) in [5.41, 5.74) is 6.87. The van der Waals surface area contributed by atoms with Crippen LogP contribution in [0.5, 0.6) is 0 Å². The van der Waals surface area contributed by atoms with Gasteiger partial charge in [0.2, 0.25) is 5.91 Å². The number of aromatic nitrogens is 3. The Morgan fingerprint density at radius 2 is 1.95 bits per heavy atom. The minimum Gasteiger partial charge on any atom is -0.368 e. The van der Waals surface area contributed by atoms with Crippen molar-refractivity contribution in [3.8, 4) is 11.3 Å². The summed E-state index contributed by atoms with van der Waals surface area (Å²) in [6, 6.07) is 11.3. The summed E-state index contributed by atoms with van der Waals surface area (Å²) in [5.74, 6) is -0.556. The number of fused-ring (bicyclic) bond motifs is 1. The highest BCUT2D eigenvalue weighted by Gasteiger charge is 2.09. The molecule has 0 aliphatic rings. The first-order valence-corrected chi connectivity index (χ1v) is 6.08. The number of hydrogen-bond donors (Lipinski definition) is 1. The third-order valence-electron chi connectivity index (χ3n) is 3.00. The Morgan fingerprint density at radius 1 is 1.20 bits per heavy atom. The Hall–Kier alpha value is -2.89. The number of nitrogens with zero attached hydrogens (tertiary/aromatic N) is 3. The third kappa shape index (κ3) is 2.07. The number of nitrogens with two attached hydrogens (primary N) is 1. The summed E-state index contributed by atoms with van der Waals surface area (Å²) >= 11 is 0. The van der Waals surface area contributed by atoms with E-state index in [0.29, 0.717) is 11.2 Å². The minimum absolute atomic E-state index is 0.138. The molecular weight excluding hydrogens is 256 g/mol. The van der Waals surface area contributed by atoms with E-state index < -0.39 is 5.91 Å². The van der Waals surface area contributed by atoms with Crippen LogP contribution >= 0.6 is 0 Å². The fourth-order valence-electron chi connectivity index (χ4n) is 2.07. The van der Waals surface area contributed by atoms with Crippen LogP contribution in [0.25, 0.3) is 16.8 Å². The lowest BCUT2D eigenvalue weighted by atomic mass is 10.1. The molecule has 100 valence electrons. The first kappa shape index (κ1) is 12.2. The summed E-state index contributed by atoms with van der Waals surface area (Å²) in [6.07, 6.45) is 3.13. The van der Waals surface area contributed by atoms with E-state index in [1.165, 1.54) is 15.3 Å². The molecular formula is C14H12N4O2. The van der Waals surface area contributed by atoms with Gasteiger partial charge in [0, 0.05) is 18.0 Å². The average Bonchev–Trinajstić information content (AvgIpc) is 2.87. The highest BCUT2D eigenvalue weighted by molar-refractivity contribution is 5.73. The smallest absolute Gasteiger partial charge is 0.277 e. The highest BCUT2D eigenvalue weighted by atomic mass is 16.2. The first-order chi connectivity index (χ1) is 9.65. The standard InChI is InChI=1S/C14H12N4O2/c15-13(19)9-17-6-7-18-12(14(17)20)8-11(16-18)10-4-2-1-3-5-10/h1-8H,9H2,(H2,15,19). The Balaban J connectivity index is 2.15. The number of carbonyl (C=O) groups excluding carboxylic acids is 1. The van der Waals surface area contributed by atoms with E-state index in [4.69, 9.17) is 5.73 Å². The molecule has 2 aromatic heterocycles. The predicted molar refractivity (Wildman–Crippen MR) is 74.1 cm³/mol. The van der Waals surface area contributed by atoms with Crippen molar-refractivity contribution in [2.45, 2.75) is 6.54 Å². The molecule has 3 aromatic rings. The van der Waals surface area contributed by atoms with E-state index in [0.717, 1.165) is 5.56 Å². The number of benzene rings is 1. The van der Waals surface area contributed by atoms with Crippen LogP contribution in [-0.2, 0) is 11.3 Å². The third-order valence-corrected chi connectivity index (χ3v) is 3.00. The maximum Gasteiger partial charge on any atom is 0.277 e. The van der Waals surface area contributed by atoms with Crippen LogP contribution in [0.1, 0.15) is 0 Å². The van der Waals surface area contributed by atoms with E-state index in [2.05, 4.69) is 5.10 Å². The molecule has 0 fully saturated rings. The van der Waals surface area contributed by atoms with Crippen molar-refractivity contribution in [2.24, 2.45) is 5.73 Å². The van der Waals surface area contributed by atoms with E-state index in [1.54, 1.807) is 12.3 Å². The van der Waals surface area contributed by atoms with Gasteiger partial charge in [-0.25, -0.2) is 4.52 Å². The molecule has 0 aliphatic heterocycles. The zero-order valence-corrected chi connectivity index (χ0v) is 10.6. The number of primary amides is 1. The molecule has 2 heterocycles. The van der Waals surface area contributed by atoms with E-state index >= 15 is 0 Å². The van der Waals surface area contributed by atoms with Crippen LogP contribution in [0.3, 0.4) is 0 Å². The molecule has 0 aliphatic carbocycles. The molecule has 6 nitrogen and oxygen atoms in total. The van der Waals surface area contributed by atoms with Crippen molar-refractivity contribution >= 4 is 11.4 Å². The van der Waals surface area contributed by atoms with Gasteiger partial charge in [-0.1, -0.05) is 30.3 Å². The molecule has 3 rings (SSSR count). The summed E-state index contributed by atoms with van der Waals surface area (Å²) in [5, 5.41) is 4.35. The molecule has 20 heavy (non-hydrogen) atoms. The number of amides is 1. The Kier molecular flexibility index (Phi) is 2.83. The number of rotatable bonds is 3. The van der Waals surface area contributed by atoms with E-state index in [1.807, 2.05) is 30.3 Å². The van der Waals surface area contributed by atoms with Crippen LogP contribution in [0, 0.1) is 0 Å². The molecule has 0 atom stereocenters. The lowest BCUT2D eigenvalue weighted by Crippen LogP contribution is -2.28. The van der Waals surface area contributed by atoms with Gasteiger partial charge >= 0.3 is 0 Å². The molecule has 1 amide bonds. The summed E-state index contributed by atoms with van der Waals surface area (Å²) < 4.78 is 2.77. The van der Waals surface area contributed by atoms with Gasteiger partial charge in [-0.05, 0) is 6.07 Å². The molecule has 6 heteroatoms. The monoisotopic (exact) mass is 268 g/mol. The van der Waals surface area contributed by atoms with Gasteiger partial charge in [0.05, 0.1) is 5.69 Å². The van der Waals surface area contributed by atoms with Crippen LogP contribution in [0.2, 0.25) is 0 Å². The largest absolute Gasteiger partial charge is 0.368 e. The van der Waals surface area contributed by atoms with Crippen molar-refractivity contribution in [1.29, 1.82) is 0 Å². The summed E-state index contributed by atoms with van der Waals surface area (Å²) in [7, 11) is 0. The molecule has 0 saturated heterocycles. The summed E-state index contributed by atoms with van der Waals surface area (Å²) in [6.45, 7) is -0.138. The topological polar surface area (TPSA) is 82.4 Å². The zero-order valence-electron chi connectivity index (χ0n) is 10.6. The molecule has 0 bridgehead atoms. The molecule has 0 unspecified atom stereocenters. The number of hydrogen-bond acceptors (Lipinski definition) is 3. The second kappa shape index (κ2) is 4.65. The Labute approximate surface area is 114 Å². The fraction of sp³-hybridized carbons (Fsp3) is 0.0714. The molecule has 0 spiro atoms. The number of carbonyl (C=O) groups is 1. The van der Waals surface area contributed by atoms with Gasteiger partial charge in [-0.15, -0.1) is 0 Å². The summed E-state index contributed by atoms with van der Waals surface area (Å²) in [4.78, 5) is 23.1. The zero-order chi connectivity index (χ0) is 14.1. The molecule has 0 radical (unpaired) electrons. The molecule has 0 saturated carbocycles. The second-order valence-corrected chi connectivity index (χ2v) is 4.42. The van der Waals surface area contributed by atoms with Crippen LogP contribution < -0.4 is 11.3 Å². The van der Waals surface area contributed by atoms with Crippen LogP contribution in [0.15, 0.2) is 53.6 Å². The van der Waals surface area contributed by atoms with Crippen LogP contribution in [-0.4, -0.2) is 20.1 Å². The van der Waals surface area contributed by atoms with E-state index in [9.17, 15) is 9.59 Å². The van der Waals surface area contributed by atoms with Crippen LogP contribution in [0.4, 0.5) is 0 Å². The fourth-order valence-corrected chi connectivity index (χ4v) is 2.07. The van der Waals surface area contributed by atoms with Gasteiger partial charge in [0.15, 0.2) is 0 Å². The van der Waals surface area contributed by atoms with Gasteiger partial charge in [0.25, 0.3) is 5.56 Å². The lowest BCUT2D eigenvalue weighted by molar-refractivity contribution is -0.118. The molecule has 1 aromatic carbocycles. The van der Waals surface area contributed by atoms with Gasteiger partial charge in [0.1, 0.15) is 12.1 Å².